The van der Waals surface area contributed by atoms with Gasteiger partial charge in [0.05, 0.1) is 24.3 Å². The Morgan fingerprint density at radius 2 is 1.48 bits per heavy atom. The standard InChI is InChI=1S/C11H10Cl2N4O2.2C2H6/c1-18-8-3-5(6(12)4-7(8)13)9-15-10(14)17-11(16-9)19-2;2*1-2/h3-4H,1-2H3,(H2,14,15,16,17);2*1-2H3. The molecule has 8 heteroatoms. The van der Waals surface area contributed by atoms with Crippen LogP contribution >= 0.6 is 23.2 Å². The lowest BCUT2D eigenvalue weighted by molar-refractivity contribution is 0.379. The number of halogens is 2. The van der Waals surface area contributed by atoms with Crippen molar-refractivity contribution in [2.24, 2.45) is 0 Å². The summed E-state index contributed by atoms with van der Waals surface area (Å²) in [5, 5.41) is 0.767. The second-order valence-corrected chi connectivity index (χ2v) is 4.28. The van der Waals surface area contributed by atoms with Gasteiger partial charge in [-0.2, -0.15) is 15.0 Å². The third-order valence-electron chi connectivity index (χ3n) is 2.30. The Labute approximate surface area is 147 Å². The Kier molecular flexibility index (Phi) is 10.0. The molecule has 0 saturated carbocycles. The van der Waals surface area contributed by atoms with E-state index < -0.39 is 0 Å². The molecule has 0 bridgehead atoms. The van der Waals surface area contributed by atoms with E-state index >= 15 is 0 Å². The maximum atomic E-state index is 6.12. The van der Waals surface area contributed by atoms with Crippen molar-refractivity contribution in [2.45, 2.75) is 27.7 Å². The Morgan fingerprint density at radius 1 is 0.870 bits per heavy atom. The van der Waals surface area contributed by atoms with Crippen LogP contribution in [0.25, 0.3) is 11.4 Å². The lowest BCUT2D eigenvalue weighted by Crippen LogP contribution is -2.03. The third-order valence-corrected chi connectivity index (χ3v) is 2.91. The molecule has 1 aromatic heterocycles. The normalized spacial score (nSPS) is 9.04. The molecule has 0 amide bonds. The summed E-state index contributed by atoms with van der Waals surface area (Å²) in [6.45, 7) is 8.00. The van der Waals surface area contributed by atoms with Crippen LogP contribution in [0.3, 0.4) is 0 Å². The van der Waals surface area contributed by atoms with E-state index in [1.54, 1.807) is 12.1 Å². The first-order chi connectivity index (χ1) is 11.0. The summed E-state index contributed by atoms with van der Waals surface area (Å²) in [5.74, 6) is 0.773. The van der Waals surface area contributed by atoms with E-state index in [0.717, 1.165) is 0 Å². The fourth-order valence-corrected chi connectivity index (χ4v) is 1.99. The van der Waals surface area contributed by atoms with E-state index in [4.69, 9.17) is 38.4 Å². The number of nitrogen functional groups attached to an aromatic ring is 1. The molecule has 128 valence electrons. The number of benzene rings is 1. The van der Waals surface area contributed by atoms with Crippen molar-refractivity contribution >= 4 is 29.2 Å². The van der Waals surface area contributed by atoms with E-state index in [9.17, 15) is 0 Å². The molecule has 2 aromatic rings. The summed E-state index contributed by atoms with van der Waals surface area (Å²) in [4.78, 5) is 11.9. The Hall–Kier alpha value is -1.79. The zero-order valence-electron chi connectivity index (χ0n) is 14.1. The maximum absolute atomic E-state index is 6.12. The highest BCUT2D eigenvalue weighted by Crippen LogP contribution is 2.35. The zero-order valence-corrected chi connectivity index (χ0v) is 15.7. The molecule has 0 aliphatic carbocycles. The van der Waals surface area contributed by atoms with Gasteiger partial charge in [-0.15, -0.1) is 0 Å². The monoisotopic (exact) mass is 360 g/mol. The van der Waals surface area contributed by atoms with Crippen molar-refractivity contribution in [1.82, 2.24) is 15.0 Å². The Morgan fingerprint density at radius 3 is 2.00 bits per heavy atom. The largest absolute Gasteiger partial charge is 0.495 e. The second-order valence-electron chi connectivity index (χ2n) is 3.47. The number of anilines is 1. The highest BCUT2D eigenvalue weighted by molar-refractivity contribution is 6.37. The third kappa shape index (κ3) is 5.73. The summed E-state index contributed by atoms with van der Waals surface area (Å²) in [7, 11) is 2.93. The van der Waals surface area contributed by atoms with E-state index in [0.29, 0.717) is 21.4 Å². The van der Waals surface area contributed by atoms with Gasteiger partial charge in [-0.1, -0.05) is 50.9 Å². The topological polar surface area (TPSA) is 83.2 Å². The molecule has 0 radical (unpaired) electrons. The zero-order chi connectivity index (χ0) is 18.0. The Bertz CT molecular complexity index is 625. The van der Waals surface area contributed by atoms with Gasteiger partial charge in [0.2, 0.25) is 5.95 Å². The van der Waals surface area contributed by atoms with Crippen LogP contribution in [0.1, 0.15) is 27.7 Å². The van der Waals surface area contributed by atoms with Crippen molar-refractivity contribution in [3.8, 4) is 23.1 Å². The van der Waals surface area contributed by atoms with Crippen molar-refractivity contribution in [3.05, 3.63) is 22.2 Å². The molecule has 0 aliphatic rings. The molecule has 2 N–H and O–H groups in total. The molecule has 1 heterocycles. The number of ether oxygens (including phenoxy) is 2. The minimum atomic E-state index is 0.0341. The van der Waals surface area contributed by atoms with Gasteiger partial charge in [0.15, 0.2) is 5.82 Å². The smallest absolute Gasteiger partial charge is 0.321 e. The highest BCUT2D eigenvalue weighted by Gasteiger charge is 2.14. The van der Waals surface area contributed by atoms with Crippen molar-refractivity contribution in [1.29, 1.82) is 0 Å². The van der Waals surface area contributed by atoms with Gasteiger partial charge in [0.25, 0.3) is 0 Å². The van der Waals surface area contributed by atoms with Gasteiger partial charge in [0.1, 0.15) is 5.75 Å². The molecule has 0 atom stereocenters. The number of nitrogens with zero attached hydrogens (tertiary/aromatic N) is 3. The molecule has 6 nitrogen and oxygen atoms in total. The number of hydrogen-bond donors (Lipinski definition) is 1. The lowest BCUT2D eigenvalue weighted by Gasteiger charge is -2.09. The van der Waals surface area contributed by atoms with Crippen molar-refractivity contribution in [3.63, 3.8) is 0 Å². The predicted octanol–water partition coefficient (Wildman–Crippen LogP) is 4.50. The summed E-state index contributed by atoms with van der Waals surface area (Å²) in [5.41, 5.74) is 6.10. The van der Waals surface area contributed by atoms with Gasteiger partial charge in [0, 0.05) is 5.56 Å². The predicted molar refractivity (Wildman–Crippen MR) is 95.5 cm³/mol. The molecule has 0 spiro atoms. The number of rotatable bonds is 3. The quantitative estimate of drug-likeness (QED) is 0.867. The first kappa shape index (κ1) is 21.2. The van der Waals surface area contributed by atoms with Crippen LogP contribution in [0.4, 0.5) is 5.95 Å². The van der Waals surface area contributed by atoms with Crippen LogP contribution in [0.2, 0.25) is 10.0 Å². The van der Waals surface area contributed by atoms with Gasteiger partial charge in [-0.25, -0.2) is 0 Å². The first-order valence-electron chi connectivity index (χ1n) is 7.14. The molecule has 23 heavy (non-hydrogen) atoms. The molecule has 2 rings (SSSR count). The summed E-state index contributed by atoms with van der Waals surface area (Å²) >= 11 is 12.1. The van der Waals surface area contributed by atoms with E-state index in [-0.39, 0.29) is 17.8 Å². The van der Waals surface area contributed by atoms with Gasteiger partial charge in [-0.3, -0.25) is 0 Å². The molecule has 1 aromatic carbocycles. The fourth-order valence-electron chi connectivity index (χ4n) is 1.44. The lowest BCUT2D eigenvalue weighted by atomic mass is 10.2. The number of methoxy groups -OCH3 is 2. The van der Waals surface area contributed by atoms with Crippen LogP contribution in [0, 0.1) is 0 Å². The molecule has 0 fully saturated rings. The minimum absolute atomic E-state index is 0.0341. The first-order valence-corrected chi connectivity index (χ1v) is 7.89. The van der Waals surface area contributed by atoms with Crippen LogP contribution in [0.5, 0.6) is 11.8 Å². The van der Waals surface area contributed by atoms with Crippen LogP contribution < -0.4 is 15.2 Å². The van der Waals surface area contributed by atoms with E-state index in [1.807, 2.05) is 27.7 Å². The molecule has 0 saturated heterocycles. The Balaban J connectivity index is 0.00000112. The van der Waals surface area contributed by atoms with Crippen molar-refractivity contribution in [2.75, 3.05) is 20.0 Å². The SMILES string of the molecule is CC.CC.COc1nc(N)nc(-c2cc(OC)c(Cl)cc2Cl)n1. The average molecular weight is 361 g/mol. The summed E-state index contributed by atoms with van der Waals surface area (Å²) < 4.78 is 10.1. The summed E-state index contributed by atoms with van der Waals surface area (Å²) in [6.07, 6.45) is 0. The highest BCUT2D eigenvalue weighted by atomic mass is 35.5. The number of aromatic nitrogens is 3. The molecule has 0 unspecified atom stereocenters. The van der Waals surface area contributed by atoms with E-state index in [2.05, 4.69) is 15.0 Å². The number of hydrogen-bond acceptors (Lipinski definition) is 6. The van der Waals surface area contributed by atoms with E-state index in [1.165, 1.54) is 14.2 Å². The van der Waals surface area contributed by atoms with Crippen LogP contribution in [-0.4, -0.2) is 29.2 Å². The van der Waals surface area contributed by atoms with Gasteiger partial charge in [-0.05, 0) is 12.1 Å². The molecular formula is C15H22Cl2N4O2. The van der Waals surface area contributed by atoms with Gasteiger partial charge < -0.3 is 15.2 Å². The minimum Gasteiger partial charge on any atom is -0.495 e. The number of nitrogens with two attached hydrogens (primary N) is 1. The maximum Gasteiger partial charge on any atom is 0.321 e. The summed E-state index contributed by atoms with van der Waals surface area (Å²) in [6, 6.07) is 3.27. The van der Waals surface area contributed by atoms with Crippen molar-refractivity contribution < 1.29 is 9.47 Å². The fraction of sp³-hybridized carbons (Fsp3) is 0.400. The average Bonchev–Trinajstić information content (AvgIpc) is 2.58. The van der Waals surface area contributed by atoms with Crippen LogP contribution in [-0.2, 0) is 0 Å². The molecule has 0 aliphatic heterocycles. The van der Waals surface area contributed by atoms with Gasteiger partial charge >= 0.3 is 6.01 Å². The van der Waals surface area contributed by atoms with Crippen LogP contribution in [0.15, 0.2) is 12.1 Å². The molecular weight excluding hydrogens is 339 g/mol. The second kappa shape index (κ2) is 10.9.